The molecule has 0 N–H and O–H groups in total. The number of benzene rings is 1. The normalized spacial score (nSPS) is 16.2. The predicted octanol–water partition coefficient (Wildman–Crippen LogP) is 2.31. The molecule has 0 radical (unpaired) electrons. The van der Waals surface area contributed by atoms with Crippen molar-refractivity contribution in [1.29, 1.82) is 5.26 Å². The molecule has 24 heavy (non-hydrogen) atoms. The minimum Gasteiger partial charge on any atom is -0.496 e. The van der Waals surface area contributed by atoms with E-state index in [0.717, 1.165) is 22.5 Å². The van der Waals surface area contributed by atoms with Crippen molar-refractivity contribution in [2.45, 2.75) is 26.3 Å². The molecule has 2 aromatic rings. The quantitative estimate of drug-likeness (QED) is 0.865. The molecular formula is C18H20N4O2. The van der Waals surface area contributed by atoms with Crippen molar-refractivity contribution >= 4 is 5.91 Å². The molecule has 1 atom stereocenters. The number of rotatable bonds is 4. The molecule has 0 bridgehead atoms. The van der Waals surface area contributed by atoms with E-state index in [1.165, 1.54) is 7.11 Å². The number of hydrogen-bond acceptors (Lipinski definition) is 4. The third kappa shape index (κ3) is 2.33. The van der Waals surface area contributed by atoms with Crippen LogP contribution in [0.15, 0.2) is 18.2 Å². The lowest BCUT2D eigenvalue weighted by Crippen LogP contribution is -2.30. The summed E-state index contributed by atoms with van der Waals surface area (Å²) in [6.45, 7) is 4.46. The molecule has 1 amide bonds. The zero-order valence-electron chi connectivity index (χ0n) is 14.3. The van der Waals surface area contributed by atoms with E-state index in [1.807, 2.05) is 37.7 Å². The number of nitriles is 1. The summed E-state index contributed by atoms with van der Waals surface area (Å²) in [5.41, 5.74) is 4.41. The third-order valence-electron chi connectivity index (χ3n) is 4.74. The van der Waals surface area contributed by atoms with Crippen LogP contribution in [0.1, 0.15) is 38.9 Å². The highest BCUT2D eigenvalue weighted by atomic mass is 16.5. The highest BCUT2D eigenvalue weighted by molar-refractivity contribution is 6.02. The number of methoxy groups -OCH3 is 1. The Bertz CT molecular complexity index is 847. The van der Waals surface area contributed by atoms with E-state index in [1.54, 1.807) is 11.0 Å². The Labute approximate surface area is 141 Å². The summed E-state index contributed by atoms with van der Waals surface area (Å²) in [7, 11) is 3.45. The maximum absolute atomic E-state index is 12.8. The Balaban J connectivity index is 1.90. The Morgan fingerprint density at radius 2 is 2.12 bits per heavy atom. The number of amides is 1. The highest BCUT2D eigenvalue weighted by Gasteiger charge is 2.38. The lowest BCUT2D eigenvalue weighted by molar-refractivity contribution is 0.0757. The van der Waals surface area contributed by atoms with E-state index in [2.05, 4.69) is 11.2 Å². The first-order valence-electron chi connectivity index (χ1n) is 7.86. The second-order valence-electron chi connectivity index (χ2n) is 5.98. The molecule has 1 aromatic carbocycles. The van der Waals surface area contributed by atoms with Gasteiger partial charge in [-0.25, -0.2) is 0 Å². The monoisotopic (exact) mass is 324 g/mol. The van der Waals surface area contributed by atoms with Crippen LogP contribution in [0.2, 0.25) is 0 Å². The zero-order chi connectivity index (χ0) is 17.4. The maximum Gasteiger partial charge on any atom is 0.259 e. The van der Waals surface area contributed by atoms with Crippen molar-refractivity contribution in [3.05, 3.63) is 46.3 Å². The summed E-state index contributed by atoms with van der Waals surface area (Å²) in [5.74, 6) is 0.377. The molecule has 3 rings (SSSR count). The fourth-order valence-electron chi connectivity index (χ4n) is 3.39. The van der Waals surface area contributed by atoms with E-state index in [9.17, 15) is 10.1 Å². The second-order valence-corrected chi connectivity index (χ2v) is 5.98. The molecule has 1 aliphatic heterocycles. The van der Waals surface area contributed by atoms with Crippen LogP contribution in [0, 0.1) is 25.2 Å². The number of carbonyl (C=O) groups excluding carboxylic acids is 1. The van der Waals surface area contributed by atoms with Crippen LogP contribution in [0.4, 0.5) is 0 Å². The van der Waals surface area contributed by atoms with Crippen molar-refractivity contribution < 1.29 is 9.53 Å². The number of ether oxygens (including phenoxy) is 1. The van der Waals surface area contributed by atoms with Gasteiger partial charge in [0.15, 0.2) is 0 Å². The van der Waals surface area contributed by atoms with E-state index in [0.29, 0.717) is 24.3 Å². The first-order valence-corrected chi connectivity index (χ1v) is 7.86. The molecule has 1 aromatic heterocycles. The zero-order valence-corrected chi connectivity index (χ0v) is 14.3. The number of fused-ring (bicyclic) bond motifs is 1. The maximum atomic E-state index is 12.8. The Morgan fingerprint density at radius 3 is 2.71 bits per heavy atom. The van der Waals surface area contributed by atoms with Crippen LogP contribution < -0.4 is 4.74 Å². The summed E-state index contributed by atoms with van der Waals surface area (Å²) < 4.78 is 7.15. The third-order valence-corrected chi connectivity index (χ3v) is 4.74. The van der Waals surface area contributed by atoms with Crippen molar-refractivity contribution in [1.82, 2.24) is 14.7 Å². The first kappa shape index (κ1) is 16.1. The van der Waals surface area contributed by atoms with Gasteiger partial charge in [-0.15, -0.1) is 0 Å². The molecule has 2 heterocycles. The van der Waals surface area contributed by atoms with Gasteiger partial charge in [0.25, 0.3) is 5.91 Å². The van der Waals surface area contributed by atoms with Crippen LogP contribution in [0.3, 0.4) is 0 Å². The molecule has 0 spiro atoms. The van der Waals surface area contributed by atoms with Crippen molar-refractivity contribution in [3.63, 3.8) is 0 Å². The summed E-state index contributed by atoms with van der Waals surface area (Å²) in [5, 5.41) is 14.0. The van der Waals surface area contributed by atoms with Crippen molar-refractivity contribution in [2.24, 2.45) is 7.05 Å². The van der Waals surface area contributed by atoms with E-state index in [-0.39, 0.29) is 5.91 Å². The average molecular weight is 324 g/mol. The van der Waals surface area contributed by atoms with Gasteiger partial charge in [0.2, 0.25) is 0 Å². The van der Waals surface area contributed by atoms with Gasteiger partial charge < -0.3 is 9.64 Å². The molecule has 6 heteroatoms. The Morgan fingerprint density at radius 1 is 1.38 bits per heavy atom. The van der Waals surface area contributed by atoms with E-state index < -0.39 is 6.04 Å². The smallest absolute Gasteiger partial charge is 0.259 e. The number of nitrogens with zero attached hydrogens (tertiary/aromatic N) is 4. The SMILES string of the molecule is COc1cccc2c1C(=O)N(CCc1c(C)nn(C)c1C)C2C#N. The summed E-state index contributed by atoms with van der Waals surface area (Å²) in [4.78, 5) is 14.4. The van der Waals surface area contributed by atoms with Crippen molar-refractivity contribution in [2.75, 3.05) is 13.7 Å². The van der Waals surface area contributed by atoms with Crippen LogP contribution in [0.25, 0.3) is 0 Å². The Kier molecular flexibility index (Phi) is 4.02. The number of aromatic nitrogens is 2. The van der Waals surface area contributed by atoms with Gasteiger partial charge in [0, 0.05) is 24.8 Å². The summed E-state index contributed by atoms with van der Waals surface area (Å²) in [6.07, 6.45) is 0.672. The van der Waals surface area contributed by atoms with E-state index >= 15 is 0 Å². The van der Waals surface area contributed by atoms with Gasteiger partial charge >= 0.3 is 0 Å². The topological polar surface area (TPSA) is 71.2 Å². The van der Waals surface area contributed by atoms with Crippen molar-refractivity contribution in [3.8, 4) is 11.8 Å². The van der Waals surface area contributed by atoms with Gasteiger partial charge in [-0.2, -0.15) is 10.4 Å². The fraction of sp³-hybridized carbons (Fsp3) is 0.389. The molecule has 1 aliphatic rings. The summed E-state index contributed by atoms with van der Waals surface area (Å²) >= 11 is 0. The molecule has 0 aliphatic carbocycles. The van der Waals surface area contributed by atoms with Crippen LogP contribution in [-0.2, 0) is 13.5 Å². The average Bonchev–Trinajstić information content (AvgIpc) is 2.99. The molecular weight excluding hydrogens is 304 g/mol. The number of carbonyl (C=O) groups is 1. The standard InChI is InChI=1S/C18H20N4O2/c1-11-13(12(2)21(3)20-11)8-9-22-15(10-19)14-6-5-7-16(24-4)17(14)18(22)23/h5-7,15H,8-9H2,1-4H3. The first-order chi connectivity index (χ1) is 11.5. The molecule has 0 fully saturated rings. The van der Waals surface area contributed by atoms with Gasteiger partial charge in [0.1, 0.15) is 11.8 Å². The van der Waals surface area contributed by atoms with E-state index in [4.69, 9.17) is 4.74 Å². The minimum absolute atomic E-state index is 0.145. The summed E-state index contributed by atoms with van der Waals surface area (Å²) in [6, 6.07) is 7.07. The van der Waals surface area contributed by atoms with Gasteiger partial charge in [-0.05, 0) is 31.9 Å². The molecule has 6 nitrogen and oxygen atoms in total. The molecule has 124 valence electrons. The number of hydrogen-bond donors (Lipinski definition) is 0. The van der Waals surface area contributed by atoms with Crippen LogP contribution in [0.5, 0.6) is 5.75 Å². The van der Waals surface area contributed by atoms with Crippen LogP contribution >= 0.6 is 0 Å². The number of aryl methyl sites for hydroxylation is 2. The van der Waals surface area contributed by atoms with Crippen LogP contribution in [-0.4, -0.2) is 34.2 Å². The van der Waals surface area contributed by atoms with Gasteiger partial charge in [0.05, 0.1) is 24.4 Å². The largest absolute Gasteiger partial charge is 0.496 e. The highest BCUT2D eigenvalue weighted by Crippen LogP contribution is 2.38. The lowest BCUT2D eigenvalue weighted by Gasteiger charge is -2.20. The minimum atomic E-state index is -0.570. The fourth-order valence-corrected chi connectivity index (χ4v) is 3.39. The predicted molar refractivity (Wildman–Crippen MR) is 88.8 cm³/mol. The van der Waals surface area contributed by atoms with Gasteiger partial charge in [-0.1, -0.05) is 12.1 Å². The molecule has 0 saturated heterocycles. The Hall–Kier alpha value is -2.81. The molecule has 1 unspecified atom stereocenters. The second kappa shape index (κ2) is 6.00. The lowest BCUT2D eigenvalue weighted by atomic mass is 10.0. The van der Waals surface area contributed by atoms with Gasteiger partial charge in [-0.3, -0.25) is 9.48 Å². The molecule has 0 saturated carbocycles.